The Bertz CT molecular complexity index is 684. The minimum Gasteiger partial charge on any atom is -0.457 e. The van der Waals surface area contributed by atoms with Crippen LogP contribution in [0.3, 0.4) is 0 Å². The first-order chi connectivity index (χ1) is 10.5. The van der Waals surface area contributed by atoms with Gasteiger partial charge in [0.2, 0.25) is 0 Å². The van der Waals surface area contributed by atoms with Crippen molar-refractivity contribution in [3.63, 3.8) is 0 Å². The number of hydrogen-bond donors (Lipinski definition) is 1. The first kappa shape index (κ1) is 16.1. The average molecular weight is 299 g/mol. The first-order valence-electron chi connectivity index (χ1n) is 7.50. The number of aromatic nitrogens is 1. The molecule has 1 aromatic heterocycles. The first-order valence-corrected chi connectivity index (χ1v) is 7.50. The lowest BCUT2D eigenvalue weighted by Crippen LogP contribution is -1.97. The van der Waals surface area contributed by atoms with Gasteiger partial charge in [-0.2, -0.15) is 0 Å². The van der Waals surface area contributed by atoms with Crippen molar-refractivity contribution in [3.05, 3.63) is 71.5 Å². The molecular formula is C19H22FNO. The molecule has 2 rings (SSSR count). The minimum atomic E-state index is -0.314. The molecule has 22 heavy (non-hydrogen) atoms. The number of aromatic amines is 1. The van der Waals surface area contributed by atoms with Crippen LogP contribution in [0.4, 0.5) is 4.39 Å². The maximum Gasteiger partial charge on any atom is 0.133 e. The summed E-state index contributed by atoms with van der Waals surface area (Å²) in [4.78, 5) is 3.28. The van der Waals surface area contributed by atoms with Crippen LogP contribution in [0.15, 0.2) is 48.9 Å². The zero-order valence-corrected chi connectivity index (χ0v) is 13.3. The van der Waals surface area contributed by atoms with Crippen LogP contribution in [0, 0.1) is 12.7 Å². The molecule has 1 unspecified atom stereocenters. The molecule has 0 saturated carbocycles. The molecule has 0 fully saturated rings. The van der Waals surface area contributed by atoms with E-state index < -0.39 is 0 Å². The number of H-pyrrole nitrogens is 1. The molecule has 1 atom stereocenters. The second-order valence-electron chi connectivity index (χ2n) is 5.42. The van der Waals surface area contributed by atoms with E-state index in [2.05, 4.69) is 25.4 Å². The molecule has 1 N–H and O–H groups in total. The fourth-order valence-corrected chi connectivity index (χ4v) is 2.25. The second kappa shape index (κ2) is 7.12. The summed E-state index contributed by atoms with van der Waals surface area (Å²) in [5.74, 6) is 1.22. The highest BCUT2D eigenvalue weighted by Crippen LogP contribution is 2.26. The summed E-state index contributed by atoms with van der Waals surface area (Å²) in [6.07, 6.45) is 6.53. The predicted octanol–water partition coefficient (Wildman–Crippen LogP) is 5.58. The molecule has 0 bridgehead atoms. The SMILES string of the molecule is C=C/C(=C\c1cc[nH]c1C(C)CC)Oc1cc(F)ccc1C. The number of rotatable bonds is 6. The Kier molecular flexibility index (Phi) is 5.21. The van der Waals surface area contributed by atoms with E-state index in [-0.39, 0.29) is 5.82 Å². The third kappa shape index (κ3) is 3.67. The van der Waals surface area contributed by atoms with Crippen LogP contribution in [0.5, 0.6) is 5.75 Å². The van der Waals surface area contributed by atoms with E-state index in [0.717, 1.165) is 17.5 Å². The van der Waals surface area contributed by atoms with Crippen LogP contribution in [0.1, 0.15) is 43.0 Å². The lowest BCUT2D eigenvalue weighted by molar-refractivity contribution is 0.441. The summed E-state index contributed by atoms with van der Waals surface area (Å²) < 4.78 is 19.2. The predicted molar refractivity (Wildman–Crippen MR) is 89.4 cm³/mol. The van der Waals surface area contributed by atoms with Gasteiger partial charge in [-0.3, -0.25) is 0 Å². The minimum absolute atomic E-state index is 0.314. The molecule has 2 nitrogen and oxygen atoms in total. The highest BCUT2D eigenvalue weighted by atomic mass is 19.1. The van der Waals surface area contributed by atoms with Crippen molar-refractivity contribution in [1.29, 1.82) is 0 Å². The van der Waals surface area contributed by atoms with Gasteiger partial charge in [0.25, 0.3) is 0 Å². The van der Waals surface area contributed by atoms with Crippen LogP contribution >= 0.6 is 0 Å². The van der Waals surface area contributed by atoms with Crippen molar-refractivity contribution in [1.82, 2.24) is 4.98 Å². The molecule has 0 aliphatic heterocycles. The van der Waals surface area contributed by atoms with Crippen LogP contribution < -0.4 is 4.74 Å². The maximum atomic E-state index is 13.4. The fraction of sp³-hybridized carbons (Fsp3) is 0.263. The lowest BCUT2D eigenvalue weighted by atomic mass is 10.0. The lowest BCUT2D eigenvalue weighted by Gasteiger charge is -2.11. The van der Waals surface area contributed by atoms with Gasteiger partial charge < -0.3 is 9.72 Å². The molecule has 0 aliphatic carbocycles. The van der Waals surface area contributed by atoms with Crippen LogP contribution in [0.2, 0.25) is 0 Å². The second-order valence-corrected chi connectivity index (χ2v) is 5.42. The number of aryl methyl sites for hydroxylation is 1. The van der Waals surface area contributed by atoms with E-state index in [9.17, 15) is 4.39 Å². The zero-order valence-electron chi connectivity index (χ0n) is 13.3. The number of allylic oxidation sites excluding steroid dienone is 1. The van der Waals surface area contributed by atoms with Gasteiger partial charge in [0.15, 0.2) is 0 Å². The summed E-state index contributed by atoms with van der Waals surface area (Å²) in [5.41, 5.74) is 3.12. The highest BCUT2D eigenvalue weighted by Gasteiger charge is 2.10. The summed E-state index contributed by atoms with van der Waals surface area (Å²) in [6, 6.07) is 6.52. The summed E-state index contributed by atoms with van der Waals surface area (Å²) in [5, 5.41) is 0. The monoisotopic (exact) mass is 299 g/mol. The number of nitrogens with one attached hydrogen (secondary N) is 1. The third-order valence-corrected chi connectivity index (χ3v) is 3.79. The van der Waals surface area contributed by atoms with Gasteiger partial charge in [0.1, 0.15) is 17.3 Å². The van der Waals surface area contributed by atoms with E-state index in [1.165, 1.54) is 17.8 Å². The largest absolute Gasteiger partial charge is 0.457 e. The van der Waals surface area contributed by atoms with E-state index in [0.29, 0.717) is 17.4 Å². The smallest absolute Gasteiger partial charge is 0.133 e. The number of halogens is 1. The van der Waals surface area contributed by atoms with Gasteiger partial charge in [0, 0.05) is 18.0 Å². The molecule has 0 radical (unpaired) electrons. The normalized spacial score (nSPS) is 13.0. The molecule has 2 aromatic rings. The van der Waals surface area contributed by atoms with Gasteiger partial charge in [-0.15, -0.1) is 0 Å². The summed E-state index contributed by atoms with van der Waals surface area (Å²) in [6.45, 7) is 10.0. The zero-order chi connectivity index (χ0) is 16.1. The Morgan fingerprint density at radius 2 is 2.18 bits per heavy atom. The Labute approximate surface area is 131 Å². The Balaban J connectivity index is 2.30. The van der Waals surface area contributed by atoms with Crippen molar-refractivity contribution in [2.45, 2.75) is 33.1 Å². The summed E-state index contributed by atoms with van der Waals surface area (Å²) >= 11 is 0. The number of ether oxygens (including phenoxy) is 1. The quantitative estimate of drug-likeness (QED) is 0.546. The number of hydrogen-bond acceptors (Lipinski definition) is 1. The van der Waals surface area contributed by atoms with Crippen molar-refractivity contribution >= 4 is 6.08 Å². The highest BCUT2D eigenvalue weighted by molar-refractivity contribution is 5.57. The van der Waals surface area contributed by atoms with Crippen molar-refractivity contribution in [2.75, 3.05) is 0 Å². The standard InChI is InChI=1S/C19H22FNO/c1-5-13(3)19-15(9-10-21-19)11-17(6-2)22-18-12-16(20)8-7-14(18)4/h6-13,21H,2,5H2,1,3-4H3/b17-11+. The van der Waals surface area contributed by atoms with Crippen molar-refractivity contribution < 1.29 is 9.13 Å². The molecule has 0 aliphatic rings. The van der Waals surface area contributed by atoms with Crippen molar-refractivity contribution in [2.24, 2.45) is 0 Å². The van der Waals surface area contributed by atoms with Crippen molar-refractivity contribution in [3.8, 4) is 5.75 Å². The molecule has 1 aromatic carbocycles. The fourth-order valence-electron chi connectivity index (χ4n) is 2.25. The molecule has 3 heteroatoms. The third-order valence-electron chi connectivity index (χ3n) is 3.79. The van der Waals surface area contributed by atoms with Crippen LogP contribution in [0.25, 0.3) is 6.08 Å². The van der Waals surface area contributed by atoms with Gasteiger partial charge in [-0.1, -0.05) is 26.5 Å². The molecule has 0 amide bonds. The molecule has 0 spiro atoms. The Morgan fingerprint density at radius 3 is 2.86 bits per heavy atom. The number of benzene rings is 1. The van der Waals surface area contributed by atoms with Crippen LogP contribution in [-0.2, 0) is 0 Å². The molecule has 116 valence electrons. The molecular weight excluding hydrogens is 277 g/mol. The molecule has 1 heterocycles. The average Bonchev–Trinajstić information content (AvgIpc) is 2.97. The van der Waals surface area contributed by atoms with Gasteiger partial charge in [-0.05, 0) is 54.7 Å². The summed E-state index contributed by atoms with van der Waals surface area (Å²) in [7, 11) is 0. The van der Waals surface area contributed by atoms with E-state index in [4.69, 9.17) is 4.74 Å². The van der Waals surface area contributed by atoms with E-state index in [1.54, 1.807) is 12.1 Å². The van der Waals surface area contributed by atoms with Gasteiger partial charge in [-0.25, -0.2) is 4.39 Å². The van der Waals surface area contributed by atoms with E-state index >= 15 is 0 Å². The van der Waals surface area contributed by atoms with Gasteiger partial charge >= 0.3 is 0 Å². The topological polar surface area (TPSA) is 25.0 Å². The van der Waals surface area contributed by atoms with Gasteiger partial charge in [0.05, 0.1) is 0 Å². The molecule has 0 saturated heterocycles. The van der Waals surface area contributed by atoms with E-state index in [1.807, 2.05) is 25.3 Å². The maximum absolute atomic E-state index is 13.4. The van der Waals surface area contributed by atoms with Crippen LogP contribution in [-0.4, -0.2) is 4.98 Å². The Hall–Kier alpha value is -2.29. The Morgan fingerprint density at radius 1 is 1.41 bits per heavy atom.